The third-order valence-corrected chi connectivity index (χ3v) is 2.45. The molecule has 0 saturated carbocycles. The smallest absolute Gasteiger partial charge is 0.146 e. The number of pyridine rings is 2. The molecule has 0 atom stereocenters. The van der Waals surface area contributed by atoms with Gasteiger partial charge in [0.05, 0.1) is 24.0 Å². The van der Waals surface area contributed by atoms with Crippen molar-refractivity contribution in [3.05, 3.63) is 48.3 Å². The van der Waals surface area contributed by atoms with Gasteiger partial charge in [-0.15, -0.1) is 5.10 Å². The summed E-state index contributed by atoms with van der Waals surface area (Å²) < 4.78 is 15.0. The Labute approximate surface area is 95.9 Å². The first-order chi connectivity index (χ1) is 8.34. The summed E-state index contributed by atoms with van der Waals surface area (Å²) in [4.78, 5) is 7.93. The maximum atomic E-state index is 13.4. The van der Waals surface area contributed by atoms with Crippen LogP contribution in [0.5, 0.6) is 0 Å². The average Bonchev–Trinajstić information content (AvgIpc) is 2.76. The molecular formula is C11H8FN5. The molecule has 6 heteroatoms. The fourth-order valence-corrected chi connectivity index (χ4v) is 1.62. The minimum Gasteiger partial charge on any atom is -0.262 e. The predicted octanol–water partition coefficient (Wildman–Crippen LogP) is 1.41. The van der Waals surface area contributed by atoms with Crippen molar-refractivity contribution in [2.75, 3.05) is 0 Å². The Balaban J connectivity index is 2.03. The van der Waals surface area contributed by atoms with Crippen molar-refractivity contribution in [3.8, 4) is 0 Å². The van der Waals surface area contributed by atoms with Gasteiger partial charge < -0.3 is 0 Å². The Morgan fingerprint density at radius 3 is 3.06 bits per heavy atom. The number of aromatic nitrogens is 5. The zero-order chi connectivity index (χ0) is 11.7. The van der Waals surface area contributed by atoms with Crippen LogP contribution in [0.3, 0.4) is 0 Å². The van der Waals surface area contributed by atoms with Crippen LogP contribution in [0.1, 0.15) is 5.69 Å². The van der Waals surface area contributed by atoms with E-state index in [-0.39, 0.29) is 12.4 Å². The molecule has 3 rings (SSSR count). The van der Waals surface area contributed by atoms with E-state index in [1.165, 1.54) is 6.07 Å². The molecule has 84 valence electrons. The average molecular weight is 229 g/mol. The van der Waals surface area contributed by atoms with E-state index in [0.717, 1.165) is 5.52 Å². The monoisotopic (exact) mass is 229 g/mol. The van der Waals surface area contributed by atoms with Gasteiger partial charge in [-0.25, -0.2) is 9.07 Å². The van der Waals surface area contributed by atoms with Gasteiger partial charge in [-0.3, -0.25) is 9.97 Å². The highest BCUT2D eigenvalue weighted by Crippen LogP contribution is 2.11. The first-order valence-electron chi connectivity index (χ1n) is 5.07. The Kier molecular flexibility index (Phi) is 2.25. The second-order valence-electron chi connectivity index (χ2n) is 3.54. The fraction of sp³-hybridized carbons (Fsp3) is 0.0909. The lowest BCUT2D eigenvalue weighted by atomic mass is 10.3. The first kappa shape index (κ1) is 9.83. The quantitative estimate of drug-likeness (QED) is 0.666. The van der Waals surface area contributed by atoms with E-state index in [4.69, 9.17) is 0 Å². The summed E-state index contributed by atoms with van der Waals surface area (Å²) in [5.74, 6) is -0.342. The third-order valence-electron chi connectivity index (χ3n) is 2.45. The van der Waals surface area contributed by atoms with Crippen LogP contribution >= 0.6 is 0 Å². The van der Waals surface area contributed by atoms with Crippen LogP contribution < -0.4 is 0 Å². The minimum atomic E-state index is -0.342. The van der Waals surface area contributed by atoms with Crippen molar-refractivity contribution >= 4 is 11.0 Å². The van der Waals surface area contributed by atoms with E-state index in [2.05, 4.69) is 20.3 Å². The van der Waals surface area contributed by atoms with Crippen molar-refractivity contribution in [3.63, 3.8) is 0 Å². The number of fused-ring (bicyclic) bond motifs is 1. The van der Waals surface area contributed by atoms with Crippen molar-refractivity contribution < 1.29 is 4.39 Å². The van der Waals surface area contributed by atoms with Gasteiger partial charge in [-0.2, -0.15) is 0 Å². The van der Waals surface area contributed by atoms with Gasteiger partial charge in [0.25, 0.3) is 0 Å². The summed E-state index contributed by atoms with van der Waals surface area (Å²) in [6, 6.07) is 4.72. The zero-order valence-electron chi connectivity index (χ0n) is 8.79. The SMILES string of the molecule is Fc1cccnc1Cn1nnc2cnccc21. The Morgan fingerprint density at radius 2 is 2.18 bits per heavy atom. The van der Waals surface area contributed by atoms with Crippen molar-refractivity contribution in [1.29, 1.82) is 0 Å². The van der Waals surface area contributed by atoms with Crippen LogP contribution in [-0.4, -0.2) is 25.0 Å². The van der Waals surface area contributed by atoms with Crippen LogP contribution in [0.4, 0.5) is 4.39 Å². The molecule has 0 aromatic carbocycles. The van der Waals surface area contributed by atoms with E-state index in [1.54, 1.807) is 35.4 Å². The lowest BCUT2D eigenvalue weighted by Crippen LogP contribution is -2.05. The molecule has 3 aromatic heterocycles. The largest absolute Gasteiger partial charge is 0.262 e. The zero-order valence-corrected chi connectivity index (χ0v) is 8.79. The molecule has 0 amide bonds. The topological polar surface area (TPSA) is 56.5 Å². The maximum absolute atomic E-state index is 13.4. The Morgan fingerprint density at radius 1 is 1.24 bits per heavy atom. The van der Waals surface area contributed by atoms with E-state index < -0.39 is 0 Å². The summed E-state index contributed by atoms with van der Waals surface area (Å²) in [6.07, 6.45) is 4.82. The van der Waals surface area contributed by atoms with Crippen molar-refractivity contribution in [2.45, 2.75) is 6.54 Å². The number of hydrogen-bond acceptors (Lipinski definition) is 4. The van der Waals surface area contributed by atoms with E-state index in [0.29, 0.717) is 11.2 Å². The molecule has 0 N–H and O–H groups in total. The molecule has 0 radical (unpaired) electrons. The lowest BCUT2D eigenvalue weighted by molar-refractivity contribution is 0.569. The number of halogens is 1. The third kappa shape index (κ3) is 1.73. The van der Waals surface area contributed by atoms with E-state index in [1.807, 2.05) is 0 Å². The summed E-state index contributed by atoms with van der Waals surface area (Å²) >= 11 is 0. The van der Waals surface area contributed by atoms with Crippen molar-refractivity contribution in [1.82, 2.24) is 25.0 Å². The molecule has 0 unspecified atom stereocenters. The van der Waals surface area contributed by atoms with E-state index in [9.17, 15) is 4.39 Å². The van der Waals surface area contributed by atoms with E-state index >= 15 is 0 Å². The highest BCUT2D eigenvalue weighted by molar-refractivity contribution is 5.72. The van der Waals surface area contributed by atoms with Crippen LogP contribution in [0.25, 0.3) is 11.0 Å². The summed E-state index contributed by atoms with van der Waals surface area (Å²) in [7, 11) is 0. The second kappa shape index (κ2) is 3.89. The van der Waals surface area contributed by atoms with Gasteiger partial charge in [-0.1, -0.05) is 5.21 Å². The van der Waals surface area contributed by atoms with Crippen LogP contribution in [0, 0.1) is 5.82 Å². The highest BCUT2D eigenvalue weighted by atomic mass is 19.1. The molecule has 0 aliphatic rings. The summed E-state index contributed by atoms with van der Waals surface area (Å²) in [5.41, 5.74) is 1.84. The van der Waals surface area contributed by atoms with Crippen molar-refractivity contribution in [2.24, 2.45) is 0 Å². The molecule has 0 spiro atoms. The summed E-state index contributed by atoms with van der Waals surface area (Å²) in [6.45, 7) is 0.257. The van der Waals surface area contributed by atoms with Gasteiger partial charge in [-0.05, 0) is 18.2 Å². The van der Waals surface area contributed by atoms with Gasteiger partial charge in [0, 0.05) is 12.4 Å². The van der Waals surface area contributed by atoms with Crippen LogP contribution in [0.15, 0.2) is 36.8 Å². The molecule has 3 aromatic rings. The molecule has 3 heterocycles. The molecular weight excluding hydrogens is 221 g/mol. The van der Waals surface area contributed by atoms with Gasteiger partial charge >= 0.3 is 0 Å². The Hall–Kier alpha value is -2.37. The molecule has 0 aliphatic carbocycles. The molecule has 0 bridgehead atoms. The fourth-order valence-electron chi connectivity index (χ4n) is 1.62. The summed E-state index contributed by atoms with van der Waals surface area (Å²) in [5, 5.41) is 7.90. The van der Waals surface area contributed by atoms with Gasteiger partial charge in [0.15, 0.2) is 0 Å². The normalized spacial score (nSPS) is 10.9. The second-order valence-corrected chi connectivity index (χ2v) is 3.54. The lowest BCUT2D eigenvalue weighted by Gasteiger charge is -2.02. The highest BCUT2D eigenvalue weighted by Gasteiger charge is 2.08. The molecule has 0 aliphatic heterocycles. The Bertz CT molecular complexity index is 664. The predicted molar refractivity (Wildman–Crippen MR) is 58.6 cm³/mol. The molecule has 17 heavy (non-hydrogen) atoms. The number of hydrogen-bond donors (Lipinski definition) is 0. The maximum Gasteiger partial charge on any atom is 0.146 e. The van der Waals surface area contributed by atoms with Gasteiger partial charge in [0.2, 0.25) is 0 Å². The first-order valence-corrected chi connectivity index (χ1v) is 5.07. The molecule has 0 fully saturated rings. The van der Waals surface area contributed by atoms with Crippen LogP contribution in [0.2, 0.25) is 0 Å². The number of nitrogens with zero attached hydrogens (tertiary/aromatic N) is 5. The van der Waals surface area contributed by atoms with Gasteiger partial charge in [0.1, 0.15) is 11.3 Å². The molecule has 5 nitrogen and oxygen atoms in total. The standard InChI is InChI=1S/C11H8FN5/c12-8-2-1-4-14-10(8)7-17-11-3-5-13-6-9(11)15-16-17/h1-6H,7H2. The number of rotatable bonds is 2. The van der Waals surface area contributed by atoms with Crippen LogP contribution in [-0.2, 0) is 6.54 Å². The molecule has 0 saturated heterocycles. The minimum absolute atomic E-state index is 0.257.